The van der Waals surface area contributed by atoms with Gasteiger partial charge in [0.15, 0.2) is 0 Å². The molecule has 0 spiro atoms. The number of carbonyl (C=O) groups excluding carboxylic acids is 2. The summed E-state index contributed by atoms with van der Waals surface area (Å²) in [6.07, 6.45) is 1.83. The zero-order valence-electron chi connectivity index (χ0n) is 15.4. The van der Waals surface area contributed by atoms with Crippen molar-refractivity contribution >= 4 is 22.6 Å². The first kappa shape index (κ1) is 18.6. The largest absolute Gasteiger partial charge is 0.273 e. The minimum absolute atomic E-state index is 0.186. The minimum Gasteiger partial charge on any atom is -0.273 e. The Morgan fingerprint density at radius 2 is 1.56 bits per heavy atom. The average Bonchev–Trinajstić information content (AvgIpc) is 2.71. The second-order valence-electron chi connectivity index (χ2n) is 6.60. The Bertz CT molecular complexity index is 917. The van der Waals surface area contributed by atoms with E-state index in [0.29, 0.717) is 0 Å². The summed E-state index contributed by atoms with van der Waals surface area (Å²) in [7, 11) is 0. The van der Waals surface area contributed by atoms with Crippen LogP contribution < -0.4 is 10.9 Å². The van der Waals surface area contributed by atoms with E-state index in [1.807, 2.05) is 79.7 Å². The van der Waals surface area contributed by atoms with E-state index in [4.69, 9.17) is 0 Å². The van der Waals surface area contributed by atoms with Crippen LogP contribution in [0.2, 0.25) is 0 Å². The van der Waals surface area contributed by atoms with Gasteiger partial charge in [-0.25, -0.2) is 0 Å². The van der Waals surface area contributed by atoms with E-state index in [2.05, 4.69) is 10.9 Å². The quantitative estimate of drug-likeness (QED) is 0.650. The van der Waals surface area contributed by atoms with Gasteiger partial charge in [-0.3, -0.25) is 20.4 Å². The molecule has 0 saturated heterocycles. The van der Waals surface area contributed by atoms with Gasteiger partial charge in [-0.15, -0.1) is 0 Å². The molecule has 1 unspecified atom stereocenters. The standard InChI is InChI=1S/C23H24N2O2/c1-2-9-21(18-10-4-3-5-11-18)23(27)25-24-22(26)16-19-14-8-13-17-12-6-7-15-20(17)19/h3-8,10-15,21H,2,9,16H2,1H3,(H,24,26)(H,25,27). The van der Waals surface area contributed by atoms with Gasteiger partial charge in [0, 0.05) is 0 Å². The molecule has 2 amide bonds. The molecule has 3 aromatic rings. The highest BCUT2D eigenvalue weighted by Gasteiger charge is 2.20. The maximum Gasteiger partial charge on any atom is 0.245 e. The zero-order valence-corrected chi connectivity index (χ0v) is 15.4. The maximum absolute atomic E-state index is 12.6. The molecule has 0 aromatic heterocycles. The van der Waals surface area contributed by atoms with E-state index < -0.39 is 0 Å². The lowest BCUT2D eigenvalue weighted by Crippen LogP contribution is -2.44. The zero-order chi connectivity index (χ0) is 19.1. The van der Waals surface area contributed by atoms with Crippen molar-refractivity contribution in [3.05, 3.63) is 83.9 Å². The first-order chi connectivity index (χ1) is 13.2. The third kappa shape index (κ3) is 4.73. The summed E-state index contributed by atoms with van der Waals surface area (Å²) in [6.45, 7) is 2.04. The molecule has 27 heavy (non-hydrogen) atoms. The van der Waals surface area contributed by atoms with Crippen LogP contribution in [0.4, 0.5) is 0 Å². The van der Waals surface area contributed by atoms with Gasteiger partial charge in [0.25, 0.3) is 0 Å². The molecule has 0 radical (unpaired) electrons. The van der Waals surface area contributed by atoms with E-state index in [9.17, 15) is 9.59 Å². The predicted octanol–water partition coefficient (Wildman–Crippen LogP) is 4.11. The molecule has 0 saturated carbocycles. The molecule has 0 aliphatic carbocycles. The van der Waals surface area contributed by atoms with Crippen LogP contribution in [0.5, 0.6) is 0 Å². The fourth-order valence-corrected chi connectivity index (χ4v) is 3.31. The fraction of sp³-hybridized carbons (Fsp3) is 0.217. The van der Waals surface area contributed by atoms with E-state index in [0.717, 1.165) is 34.7 Å². The molecule has 4 nitrogen and oxygen atoms in total. The Morgan fingerprint density at radius 1 is 0.852 bits per heavy atom. The molecule has 0 fully saturated rings. The Morgan fingerprint density at radius 3 is 2.33 bits per heavy atom. The van der Waals surface area contributed by atoms with Crippen LogP contribution in [0.25, 0.3) is 10.8 Å². The number of fused-ring (bicyclic) bond motifs is 1. The van der Waals surface area contributed by atoms with E-state index in [1.165, 1.54) is 0 Å². The van der Waals surface area contributed by atoms with Crippen molar-refractivity contribution in [2.75, 3.05) is 0 Å². The van der Waals surface area contributed by atoms with Gasteiger partial charge in [-0.1, -0.05) is 86.1 Å². The topological polar surface area (TPSA) is 58.2 Å². The number of nitrogens with one attached hydrogen (secondary N) is 2. The Hall–Kier alpha value is -3.14. The van der Waals surface area contributed by atoms with Crippen LogP contribution in [0.1, 0.15) is 36.8 Å². The van der Waals surface area contributed by atoms with Gasteiger partial charge in [0.2, 0.25) is 11.8 Å². The number of benzene rings is 3. The number of hydrazine groups is 1. The SMILES string of the molecule is CCCC(C(=O)NNC(=O)Cc1cccc2ccccc12)c1ccccc1. The molecule has 0 aliphatic rings. The first-order valence-electron chi connectivity index (χ1n) is 9.29. The van der Waals surface area contributed by atoms with Crippen molar-refractivity contribution in [1.82, 2.24) is 10.9 Å². The molecule has 138 valence electrons. The molecule has 1 atom stereocenters. The van der Waals surface area contributed by atoms with Crippen LogP contribution in [-0.2, 0) is 16.0 Å². The van der Waals surface area contributed by atoms with E-state index in [-0.39, 0.29) is 24.2 Å². The molecule has 0 heterocycles. The summed E-state index contributed by atoms with van der Waals surface area (Å²) in [5.41, 5.74) is 7.06. The van der Waals surface area contributed by atoms with E-state index in [1.54, 1.807) is 0 Å². The number of amides is 2. The summed E-state index contributed by atoms with van der Waals surface area (Å²) in [6, 6.07) is 23.5. The van der Waals surface area contributed by atoms with Crippen LogP contribution >= 0.6 is 0 Å². The summed E-state index contributed by atoms with van der Waals surface area (Å²) < 4.78 is 0. The lowest BCUT2D eigenvalue weighted by Gasteiger charge is -2.17. The monoisotopic (exact) mass is 360 g/mol. The fourth-order valence-electron chi connectivity index (χ4n) is 3.31. The van der Waals surface area contributed by atoms with Crippen molar-refractivity contribution in [1.29, 1.82) is 0 Å². The van der Waals surface area contributed by atoms with Gasteiger partial charge in [0.1, 0.15) is 0 Å². The van der Waals surface area contributed by atoms with E-state index >= 15 is 0 Å². The highest BCUT2D eigenvalue weighted by Crippen LogP contribution is 2.21. The number of rotatable bonds is 6. The molecule has 4 heteroatoms. The van der Waals surface area contributed by atoms with Gasteiger partial charge >= 0.3 is 0 Å². The Labute approximate surface area is 159 Å². The Kier molecular flexibility index (Phi) is 6.21. The highest BCUT2D eigenvalue weighted by molar-refractivity contribution is 5.91. The van der Waals surface area contributed by atoms with Crippen LogP contribution in [0.3, 0.4) is 0 Å². The third-order valence-electron chi connectivity index (χ3n) is 4.65. The Balaban J connectivity index is 1.63. The van der Waals surface area contributed by atoms with Crippen LogP contribution in [-0.4, -0.2) is 11.8 Å². The van der Waals surface area contributed by atoms with Gasteiger partial charge in [-0.05, 0) is 28.3 Å². The molecule has 3 rings (SSSR count). The highest BCUT2D eigenvalue weighted by atomic mass is 16.2. The molecular formula is C23H24N2O2. The maximum atomic E-state index is 12.6. The summed E-state index contributed by atoms with van der Waals surface area (Å²) >= 11 is 0. The van der Waals surface area contributed by atoms with Crippen molar-refractivity contribution in [2.24, 2.45) is 0 Å². The third-order valence-corrected chi connectivity index (χ3v) is 4.65. The van der Waals surface area contributed by atoms with Gasteiger partial charge in [-0.2, -0.15) is 0 Å². The van der Waals surface area contributed by atoms with Gasteiger partial charge < -0.3 is 0 Å². The summed E-state index contributed by atoms with van der Waals surface area (Å²) in [5.74, 6) is -0.689. The van der Waals surface area contributed by atoms with Crippen molar-refractivity contribution < 1.29 is 9.59 Å². The lowest BCUT2D eigenvalue weighted by atomic mass is 9.94. The van der Waals surface area contributed by atoms with Crippen molar-refractivity contribution in [2.45, 2.75) is 32.1 Å². The van der Waals surface area contributed by atoms with Gasteiger partial charge in [0.05, 0.1) is 12.3 Å². The average molecular weight is 360 g/mol. The molecular weight excluding hydrogens is 336 g/mol. The summed E-state index contributed by atoms with van der Waals surface area (Å²) in [4.78, 5) is 24.9. The lowest BCUT2D eigenvalue weighted by molar-refractivity contribution is -0.129. The molecule has 0 bridgehead atoms. The normalized spacial score (nSPS) is 11.7. The smallest absolute Gasteiger partial charge is 0.245 e. The second kappa shape index (κ2) is 8.99. The second-order valence-corrected chi connectivity index (χ2v) is 6.60. The number of carbonyl (C=O) groups is 2. The minimum atomic E-state index is -0.269. The molecule has 2 N–H and O–H groups in total. The van der Waals surface area contributed by atoms with Crippen LogP contribution in [0, 0.1) is 0 Å². The first-order valence-corrected chi connectivity index (χ1v) is 9.29. The van der Waals surface area contributed by atoms with Crippen molar-refractivity contribution in [3.63, 3.8) is 0 Å². The number of hydrogen-bond acceptors (Lipinski definition) is 2. The molecule has 3 aromatic carbocycles. The molecule has 0 aliphatic heterocycles. The predicted molar refractivity (Wildman–Crippen MR) is 108 cm³/mol. The van der Waals surface area contributed by atoms with Crippen molar-refractivity contribution in [3.8, 4) is 0 Å². The number of hydrogen-bond donors (Lipinski definition) is 2. The summed E-state index contributed by atoms with van der Waals surface area (Å²) in [5, 5.41) is 2.15. The van der Waals surface area contributed by atoms with Crippen LogP contribution in [0.15, 0.2) is 72.8 Å².